The van der Waals surface area contributed by atoms with E-state index in [4.69, 9.17) is 0 Å². The van der Waals surface area contributed by atoms with Gasteiger partial charge in [0.05, 0.1) is 11.8 Å². The Hall–Kier alpha value is -3.46. The van der Waals surface area contributed by atoms with Gasteiger partial charge in [-0.1, -0.05) is 18.2 Å². The molecule has 1 aromatic heterocycles. The monoisotopic (exact) mass is 492 g/mol. The SMILES string of the molecule is CC(C(=O)Nc1cc(C2CC2)[nH]n1)c1cccc(NC(=O)C2CCCN(C(=O)/C=C/CN(C)C)C2)c1. The average Bonchev–Trinajstić information content (AvgIpc) is 3.62. The van der Waals surface area contributed by atoms with Crippen LogP contribution in [0.4, 0.5) is 11.5 Å². The van der Waals surface area contributed by atoms with Crippen molar-refractivity contribution < 1.29 is 14.4 Å². The lowest BCUT2D eigenvalue weighted by molar-refractivity contribution is -0.130. The van der Waals surface area contributed by atoms with Crippen molar-refractivity contribution in [1.29, 1.82) is 0 Å². The van der Waals surface area contributed by atoms with E-state index in [0.717, 1.165) is 36.9 Å². The van der Waals surface area contributed by atoms with Gasteiger partial charge in [-0.25, -0.2) is 0 Å². The highest BCUT2D eigenvalue weighted by Crippen LogP contribution is 2.39. The molecular weight excluding hydrogens is 456 g/mol. The number of hydrogen-bond acceptors (Lipinski definition) is 5. The lowest BCUT2D eigenvalue weighted by Crippen LogP contribution is -2.43. The zero-order valence-electron chi connectivity index (χ0n) is 21.3. The Bertz CT molecular complexity index is 1120. The number of likely N-dealkylation sites (N-methyl/N-ethyl adjacent to an activating group) is 1. The van der Waals surface area contributed by atoms with Gasteiger partial charge in [0.1, 0.15) is 0 Å². The van der Waals surface area contributed by atoms with Crippen LogP contribution in [0.25, 0.3) is 0 Å². The van der Waals surface area contributed by atoms with E-state index in [0.29, 0.717) is 37.1 Å². The predicted octanol–water partition coefficient (Wildman–Crippen LogP) is 3.32. The standard InChI is InChI=1S/C27H36N6O3/c1-18(26(35)29-24-16-23(30-31-24)19-11-12-19)20-7-4-9-22(15-20)28-27(36)21-8-5-14-33(17-21)25(34)10-6-13-32(2)3/h4,6-7,9-10,15-16,18-19,21H,5,8,11-14,17H2,1-3H3,(H,28,36)(H2,29,30,31,35)/b10-6+. The normalized spacial score (nSPS) is 18.9. The van der Waals surface area contributed by atoms with E-state index < -0.39 is 5.92 Å². The van der Waals surface area contributed by atoms with Crippen molar-refractivity contribution in [2.75, 3.05) is 44.4 Å². The first-order valence-electron chi connectivity index (χ1n) is 12.7. The van der Waals surface area contributed by atoms with E-state index in [9.17, 15) is 14.4 Å². The summed E-state index contributed by atoms with van der Waals surface area (Å²) < 4.78 is 0. The third-order valence-corrected chi connectivity index (χ3v) is 6.75. The lowest BCUT2D eigenvalue weighted by Gasteiger charge is -2.31. The van der Waals surface area contributed by atoms with Gasteiger partial charge in [0.2, 0.25) is 17.7 Å². The van der Waals surface area contributed by atoms with Crippen molar-refractivity contribution in [2.45, 2.75) is 44.4 Å². The molecule has 2 aromatic rings. The number of likely N-dealkylation sites (tertiary alicyclic amines) is 1. The molecule has 36 heavy (non-hydrogen) atoms. The molecule has 3 amide bonds. The largest absolute Gasteiger partial charge is 0.338 e. The summed E-state index contributed by atoms with van der Waals surface area (Å²) in [5.41, 5.74) is 2.51. The highest BCUT2D eigenvalue weighted by atomic mass is 16.2. The molecule has 1 aliphatic heterocycles. The Morgan fingerprint density at radius 3 is 2.75 bits per heavy atom. The number of piperidine rings is 1. The Kier molecular flexibility index (Phi) is 8.20. The number of rotatable bonds is 9. The van der Waals surface area contributed by atoms with Crippen molar-refractivity contribution in [3.63, 3.8) is 0 Å². The van der Waals surface area contributed by atoms with Gasteiger partial charge in [0.15, 0.2) is 5.82 Å². The molecule has 4 rings (SSSR count). The molecule has 1 saturated heterocycles. The fourth-order valence-corrected chi connectivity index (χ4v) is 4.38. The lowest BCUT2D eigenvalue weighted by atomic mass is 9.96. The molecule has 2 heterocycles. The van der Waals surface area contributed by atoms with Gasteiger partial charge >= 0.3 is 0 Å². The number of anilines is 2. The van der Waals surface area contributed by atoms with Gasteiger partial charge in [0, 0.05) is 49.1 Å². The quantitative estimate of drug-likeness (QED) is 0.465. The number of carbonyl (C=O) groups excluding carboxylic acids is 3. The number of carbonyl (C=O) groups is 3. The summed E-state index contributed by atoms with van der Waals surface area (Å²) in [4.78, 5) is 42.0. The average molecular weight is 493 g/mol. The maximum atomic E-state index is 13.0. The number of nitrogens with zero attached hydrogens (tertiary/aromatic N) is 3. The number of nitrogens with one attached hydrogen (secondary N) is 3. The van der Waals surface area contributed by atoms with Crippen molar-refractivity contribution >= 4 is 29.2 Å². The van der Waals surface area contributed by atoms with Gasteiger partial charge in [-0.15, -0.1) is 0 Å². The van der Waals surface area contributed by atoms with Crippen LogP contribution in [0.15, 0.2) is 42.5 Å². The molecule has 2 aliphatic rings. The second kappa shape index (κ2) is 11.5. The first-order chi connectivity index (χ1) is 17.3. The van der Waals surface area contributed by atoms with Crippen LogP contribution in [0.1, 0.15) is 55.7 Å². The van der Waals surface area contributed by atoms with Crippen molar-refractivity contribution in [3.8, 4) is 0 Å². The molecule has 3 N–H and O–H groups in total. The van der Waals surface area contributed by atoms with Gasteiger partial charge in [-0.2, -0.15) is 5.10 Å². The van der Waals surface area contributed by atoms with Crippen molar-refractivity contribution in [1.82, 2.24) is 20.0 Å². The summed E-state index contributed by atoms with van der Waals surface area (Å²) in [5, 5.41) is 13.1. The Labute approximate surface area is 212 Å². The topological polar surface area (TPSA) is 110 Å². The molecule has 1 aliphatic carbocycles. The van der Waals surface area contributed by atoms with E-state index in [1.807, 2.05) is 62.3 Å². The Balaban J connectivity index is 1.32. The number of benzene rings is 1. The minimum Gasteiger partial charge on any atom is -0.338 e. The van der Waals surface area contributed by atoms with Gasteiger partial charge < -0.3 is 20.4 Å². The summed E-state index contributed by atoms with van der Waals surface area (Å²) in [5.74, 6) is 0.0619. The number of aromatic amines is 1. The molecule has 2 atom stereocenters. The van der Waals surface area contributed by atoms with Gasteiger partial charge in [0.25, 0.3) is 0 Å². The molecule has 1 saturated carbocycles. The van der Waals surface area contributed by atoms with Crippen LogP contribution in [0.2, 0.25) is 0 Å². The smallest absolute Gasteiger partial charge is 0.246 e. The van der Waals surface area contributed by atoms with E-state index in [2.05, 4.69) is 20.8 Å². The van der Waals surface area contributed by atoms with E-state index in [1.54, 1.807) is 11.0 Å². The number of aromatic nitrogens is 2. The van der Waals surface area contributed by atoms with Crippen LogP contribution < -0.4 is 10.6 Å². The Morgan fingerprint density at radius 1 is 1.19 bits per heavy atom. The van der Waals surface area contributed by atoms with Crippen LogP contribution in [-0.2, 0) is 14.4 Å². The highest BCUT2D eigenvalue weighted by Gasteiger charge is 2.28. The van der Waals surface area contributed by atoms with Crippen LogP contribution in [-0.4, -0.2) is 71.4 Å². The van der Waals surface area contributed by atoms with Crippen molar-refractivity contribution in [2.24, 2.45) is 5.92 Å². The van der Waals surface area contributed by atoms with Crippen LogP contribution >= 0.6 is 0 Å². The van der Waals surface area contributed by atoms with Crippen LogP contribution in [0.5, 0.6) is 0 Å². The third-order valence-electron chi connectivity index (χ3n) is 6.75. The zero-order valence-corrected chi connectivity index (χ0v) is 21.3. The van der Waals surface area contributed by atoms with E-state index >= 15 is 0 Å². The van der Waals surface area contributed by atoms with Crippen LogP contribution in [0.3, 0.4) is 0 Å². The molecule has 9 nitrogen and oxygen atoms in total. The molecular formula is C27H36N6O3. The van der Waals surface area contributed by atoms with E-state index in [1.165, 1.54) is 0 Å². The fourth-order valence-electron chi connectivity index (χ4n) is 4.38. The van der Waals surface area contributed by atoms with Crippen molar-refractivity contribution in [3.05, 3.63) is 53.7 Å². The molecule has 192 valence electrons. The summed E-state index contributed by atoms with van der Waals surface area (Å²) in [6.07, 6.45) is 7.28. The molecule has 0 spiro atoms. The minimum absolute atomic E-state index is 0.0580. The molecule has 0 bridgehead atoms. The number of H-pyrrole nitrogens is 1. The summed E-state index contributed by atoms with van der Waals surface area (Å²) >= 11 is 0. The number of amides is 3. The second-order valence-corrected chi connectivity index (χ2v) is 10.1. The Morgan fingerprint density at radius 2 is 2.00 bits per heavy atom. The predicted molar refractivity (Wildman–Crippen MR) is 140 cm³/mol. The summed E-state index contributed by atoms with van der Waals surface area (Å²) in [6.45, 7) is 3.59. The van der Waals surface area contributed by atoms with Gasteiger partial charge in [-0.3, -0.25) is 19.5 Å². The highest BCUT2D eigenvalue weighted by molar-refractivity contribution is 5.96. The first kappa shape index (κ1) is 25.6. The molecule has 2 unspecified atom stereocenters. The first-order valence-corrected chi connectivity index (χ1v) is 12.7. The summed E-state index contributed by atoms with van der Waals surface area (Å²) in [7, 11) is 3.89. The fraction of sp³-hybridized carbons (Fsp3) is 0.481. The second-order valence-electron chi connectivity index (χ2n) is 10.1. The van der Waals surface area contributed by atoms with E-state index in [-0.39, 0.29) is 23.6 Å². The molecule has 1 aromatic carbocycles. The van der Waals surface area contributed by atoms with Gasteiger partial charge in [-0.05, 0) is 64.4 Å². The molecule has 0 radical (unpaired) electrons. The molecule has 9 heteroatoms. The minimum atomic E-state index is -0.417. The van der Waals surface area contributed by atoms with Crippen LogP contribution in [0, 0.1) is 5.92 Å². The maximum Gasteiger partial charge on any atom is 0.246 e. The third kappa shape index (κ3) is 6.81. The maximum absolute atomic E-state index is 13.0. The number of hydrogen-bond donors (Lipinski definition) is 3. The molecule has 2 fully saturated rings. The zero-order chi connectivity index (χ0) is 25.7. The summed E-state index contributed by atoms with van der Waals surface area (Å²) in [6, 6.07) is 9.26.